The molecule has 5 nitrogen and oxygen atoms in total. The van der Waals surface area contributed by atoms with Crippen LogP contribution >= 0.6 is 0 Å². The molecule has 1 unspecified atom stereocenters. The van der Waals surface area contributed by atoms with Crippen LogP contribution in [-0.4, -0.2) is 66.0 Å². The summed E-state index contributed by atoms with van der Waals surface area (Å²) in [6.07, 6.45) is 5.46. The van der Waals surface area contributed by atoms with Crippen LogP contribution in [0, 0.1) is 6.92 Å². The monoisotopic (exact) mass is 292 g/mol. The minimum absolute atomic E-state index is 0.352. The fourth-order valence-corrected chi connectivity index (χ4v) is 2.68. The largest absolute Gasteiger partial charge is 0.376 e. The number of ether oxygens (including phenoxy) is 1. The third kappa shape index (κ3) is 4.95. The van der Waals surface area contributed by atoms with E-state index in [0.29, 0.717) is 6.10 Å². The molecule has 1 aromatic rings. The first-order valence-corrected chi connectivity index (χ1v) is 7.71. The van der Waals surface area contributed by atoms with E-state index >= 15 is 0 Å². The highest BCUT2D eigenvalue weighted by Gasteiger charge is 2.21. The van der Waals surface area contributed by atoms with Gasteiger partial charge in [0.25, 0.3) is 0 Å². The second kappa shape index (κ2) is 7.73. The van der Waals surface area contributed by atoms with Crippen molar-refractivity contribution in [3.8, 4) is 0 Å². The number of allylic oxidation sites excluding steroid dienone is 1. The lowest BCUT2D eigenvalue weighted by atomic mass is 10.1. The maximum Gasteiger partial charge on any atom is 0.0714 e. The Labute approximate surface area is 128 Å². The summed E-state index contributed by atoms with van der Waals surface area (Å²) in [7, 11) is 4.22. The van der Waals surface area contributed by atoms with Crippen LogP contribution in [0.4, 0.5) is 0 Å². The number of aryl methyl sites for hydroxylation is 1. The molecule has 21 heavy (non-hydrogen) atoms. The van der Waals surface area contributed by atoms with Gasteiger partial charge in [-0.15, -0.1) is 6.58 Å². The van der Waals surface area contributed by atoms with Gasteiger partial charge in [0, 0.05) is 37.9 Å². The molecule has 0 aromatic carbocycles. The smallest absolute Gasteiger partial charge is 0.0714 e. The van der Waals surface area contributed by atoms with Crippen molar-refractivity contribution in [1.82, 2.24) is 19.6 Å². The average molecular weight is 292 g/mol. The zero-order valence-corrected chi connectivity index (χ0v) is 13.6. The molecule has 2 heterocycles. The van der Waals surface area contributed by atoms with Gasteiger partial charge in [-0.05, 0) is 27.4 Å². The van der Waals surface area contributed by atoms with Gasteiger partial charge in [-0.3, -0.25) is 9.58 Å². The van der Waals surface area contributed by atoms with Crippen LogP contribution in [0.3, 0.4) is 0 Å². The molecule has 2 rings (SSSR count). The van der Waals surface area contributed by atoms with Crippen LogP contribution in [0.2, 0.25) is 0 Å². The molecule has 1 aliphatic rings. The minimum atomic E-state index is 0.352. The number of hydrogen-bond donors (Lipinski definition) is 0. The lowest BCUT2D eigenvalue weighted by molar-refractivity contribution is -0.0370. The molecule has 0 saturated carbocycles. The van der Waals surface area contributed by atoms with Gasteiger partial charge in [0.15, 0.2) is 0 Å². The Balaban J connectivity index is 1.88. The van der Waals surface area contributed by atoms with Gasteiger partial charge in [-0.1, -0.05) is 6.08 Å². The first-order chi connectivity index (χ1) is 10.1. The summed E-state index contributed by atoms with van der Waals surface area (Å²) in [6.45, 7) is 11.5. The SMILES string of the molecule is C=CCn1cc(CN2CCOC(CCN(C)C)C2)c(C)n1. The molecule has 118 valence electrons. The molecule has 0 bridgehead atoms. The van der Waals surface area contributed by atoms with E-state index in [1.807, 2.05) is 10.8 Å². The fourth-order valence-electron chi connectivity index (χ4n) is 2.68. The zero-order chi connectivity index (χ0) is 15.2. The van der Waals surface area contributed by atoms with Gasteiger partial charge in [0.2, 0.25) is 0 Å². The Morgan fingerprint density at radius 1 is 1.52 bits per heavy atom. The van der Waals surface area contributed by atoms with Crippen molar-refractivity contribution in [3.63, 3.8) is 0 Å². The number of aromatic nitrogens is 2. The van der Waals surface area contributed by atoms with Crippen LogP contribution in [0.25, 0.3) is 0 Å². The standard InChI is InChI=1S/C16H28N4O/c1-5-7-20-12-15(14(2)17-20)11-19-9-10-21-16(13-19)6-8-18(3)4/h5,12,16H,1,6-11,13H2,2-4H3. The molecular weight excluding hydrogens is 264 g/mol. The molecule has 1 aliphatic heterocycles. The van der Waals surface area contributed by atoms with E-state index in [4.69, 9.17) is 4.74 Å². The van der Waals surface area contributed by atoms with Crippen molar-refractivity contribution in [2.45, 2.75) is 32.5 Å². The summed E-state index contributed by atoms with van der Waals surface area (Å²) in [5.41, 5.74) is 2.43. The Morgan fingerprint density at radius 3 is 3.05 bits per heavy atom. The molecule has 1 fully saturated rings. The Bertz CT molecular complexity index is 455. The summed E-state index contributed by atoms with van der Waals surface area (Å²) in [4.78, 5) is 4.69. The number of nitrogens with zero attached hydrogens (tertiary/aromatic N) is 4. The Morgan fingerprint density at radius 2 is 2.33 bits per heavy atom. The molecule has 1 saturated heterocycles. The van der Waals surface area contributed by atoms with Gasteiger partial charge >= 0.3 is 0 Å². The van der Waals surface area contributed by atoms with Crippen molar-refractivity contribution in [1.29, 1.82) is 0 Å². The summed E-state index contributed by atoms with van der Waals surface area (Å²) in [5.74, 6) is 0. The molecule has 0 radical (unpaired) electrons. The van der Waals surface area contributed by atoms with Gasteiger partial charge in [-0.2, -0.15) is 5.10 Å². The lowest BCUT2D eigenvalue weighted by Gasteiger charge is -2.33. The van der Waals surface area contributed by atoms with Gasteiger partial charge in [0.1, 0.15) is 0 Å². The minimum Gasteiger partial charge on any atom is -0.376 e. The highest BCUT2D eigenvalue weighted by atomic mass is 16.5. The van der Waals surface area contributed by atoms with Gasteiger partial charge in [-0.25, -0.2) is 0 Å². The Kier molecular flexibility index (Phi) is 5.96. The third-order valence-electron chi connectivity index (χ3n) is 3.88. The second-order valence-electron chi connectivity index (χ2n) is 6.07. The van der Waals surface area contributed by atoms with Crippen molar-refractivity contribution in [3.05, 3.63) is 30.1 Å². The number of hydrogen-bond acceptors (Lipinski definition) is 4. The van der Waals surface area contributed by atoms with Gasteiger partial charge < -0.3 is 9.64 Å². The van der Waals surface area contributed by atoms with E-state index in [1.54, 1.807) is 0 Å². The maximum absolute atomic E-state index is 5.87. The lowest BCUT2D eigenvalue weighted by Crippen LogP contribution is -2.42. The van der Waals surface area contributed by atoms with Crippen LogP contribution in [-0.2, 0) is 17.8 Å². The summed E-state index contributed by atoms with van der Waals surface area (Å²) in [5, 5.41) is 4.53. The van der Waals surface area contributed by atoms with E-state index in [2.05, 4.69) is 48.7 Å². The number of rotatable bonds is 7. The summed E-state index contributed by atoms with van der Waals surface area (Å²) < 4.78 is 7.83. The van der Waals surface area contributed by atoms with Crippen molar-refractivity contribution in [2.75, 3.05) is 40.3 Å². The number of morpholine rings is 1. The first kappa shape index (κ1) is 16.2. The van der Waals surface area contributed by atoms with Crippen LogP contribution in [0.5, 0.6) is 0 Å². The molecular formula is C16H28N4O. The van der Waals surface area contributed by atoms with E-state index in [0.717, 1.165) is 51.4 Å². The van der Waals surface area contributed by atoms with Crippen LogP contribution in [0.15, 0.2) is 18.9 Å². The average Bonchev–Trinajstić information content (AvgIpc) is 2.77. The third-order valence-corrected chi connectivity index (χ3v) is 3.88. The Hall–Kier alpha value is -1.17. The topological polar surface area (TPSA) is 33.5 Å². The van der Waals surface area contributed by atoms with Crippen LogP contribution in [0.1, 0.15) is 17.7 Å². The maximum atomic E-state index is 5.87. The van der Waals surface area contributed by atoms with E-state index in [-0.39, 0.29) is 0 Å². The van der Waals surface area contributed by atoms with E-state index in [9.17, 15) is 0 Å². The van der Waals surface area contributed by atoms with Gasteiger partial charge in [0.05, 0.1) is 24.9 Å². The highest BCUT2D eigenvalue weighted by Crippen LogP contribution is 2.15. The molecule has 0 aliphatic carbocycles. The molecule has 0 amide bonds. The van der Waals surface area contributed by atoms with Crippen molar-refractivity contribution < 1.29 is 4.74 Å². The second-order valence-corrected chi connectivity index (χ2v) is 6.07. The predicted octanol–water partition coefficient (Wildman–Crippen LogP) is 1.53. The molecule has 5 heteroatoms. The summed E-state index contributed by atoms with van der Waals surface area (Å²) in [6, 6.07) is 0. The molecule has 0 spiro atoms. The van der Waals surface area contributed by atoms with E-state index in [1.165, 1.54) is 5.56 Å². The normalized spacial score (nSPS) is 20.1. The predicted molar refractivity (Wildman–Crippen MR) is 85.3 cm³/mol. The molecule has 1 atom stereocenters. The van der Waals surface area contributed by atoms with E-state index < -0.39 is 0 Å². The highest BCUT2D eigenvalue weighted by molar-refractivity contribution is 5.15. The molecule has 1 aromatic heterocycles. The van der Waals surface area contributed by atoms with Crippen molar-refractivity contribution in [2.24, 2.45) is 0 Å². The first-order valence-electron chi connectivity index (χ1n) is 7.71. The quantitative estimate of drug-likeness (QED) is 0.714. The molecule has 0 N–H and O–H groups in total. The zero-order valence-electron chi connectivity index (χ0n) is 13.6. The van der Waals surface area contributed by atoms with Crippen molar-refractivity contribution >= 4 is 0 Å². The summed E-state index contributed by atoms with van der Waals surface area (Å²) >= 11 is 0. The fraction of sp³-hybridized carbons (Fsp3) is 0.688. The van der Waals surface area contributed by atoms with Crippen LogP contribution < -0.4 is 0 Å².